The summed E-state index contributed by atoms with van der Waals surface area (Å²) in [5.74, 6) is -0.139. The molecule has 0 saturated heterocycles. The van der Waals surface area contributed by atoms with Crippen molar-refractivity contribution in [3.63, 3.8) is 0 Å². The number of hydrogen-bond donors (Lipinski definition) is 1. The number of carbonyl (C=O) groups is 1. The average Bonchev–Trinajstić information content (AvgIpc) is 2.27. The summed E-state index contributed by atoms with van der Waals surface area (Å²) < 4.78 is 0.718. The van der Waals surface area contributed by atoms with E-state index in [1.165, 1.54) is 0 Å². The second kappa shape index (κ2) is 6.50. The Balaban J connectivity index is 2.59. The Morgan fingerprint density at radius 3 is 2.82 bits per heavy atom. The maximum atomic E-state index is 11.9. The molecule has 0 bridgehead atoms. The number of carbonyl (C=O) groups excluding carboxylic acids is 1. The number of aromatic nitrogens is 1. The molecule has 0 aromatic carbocycles. The van der Waals surface area contributed by atoms with Gasteiger partial charge in [-0.2, -0.15) is 0 Å². The van der Waals surface area contributed by atoms with Gasteiger partial charge in [-0.15, -0.1) is 0 Å². The first-order chi connectivity index (χ1) is 7.96. The molecule has 0 aliphatic carbocycles. The number of hydrogen-bond acceptors (Lipinski definition) is 2. The zero-order chi connectivity index (χ0) is 12.9. The van der Waals surface area contributed by atoms with E-state index < -0.39 is 0 Å². The molecule has 1 N–H and O–H groups in total. The summed E-state index contributed by atoms with van der Waals surface area (Å²) in [7, 11) is 0. The van der Waals surface area contributed by atoms with Crippen LogP contribution in [0, 0.1) is 5.41 Å². The number of amides is 1. The maximum absolute atomic E-state index is 11.9. The Morgan fingerprint density at radius 2 is 2.24 bits per heavy atom. The summed E-state index contributed by atoms with van der Waals surface area (Å²) in [6.07, 6.45) is 2.62. The normalized spacial score (nSPS) is 11.3. The molecule has 3 nitrogen and oxygen atoms in total. The minimum Gasteiger partial charge on any atom is -0.350 e. The number of nitrogens with zero attached hydrogens (tertiary/aromatic N) is 1. The second-order valence-electron chi connectivity index (χ2n) is 4.62. The molecule has 0 aliphatic heterocycles. The molecule has 0 atom stereocenters. The van der Waals surface area contributed by atoms with Gasteiger partial charge in [0.15, 0.2) is 0 Å². The van der Waals surface area contributed by atoms with Crippen LogP contribution in [0.3, 0.4) is 0 Å². The maximum Gasteiger partial charge on any atom is 0.271 e. The number of rotatable bonds is 5. The first kappa shape index (κ1) is 14.6. The van der Waals surface area contributed by atoms with Crippen LogP contribution in [-0.2, 0) is 0 Å². The highest BCUT2D eigenvalue weighted by Crippen LogP contribution is 2.20. The number of halogens is 2. The summed E-state index contributed by atoms with van der Waals surface area (Å²) in [6, 6.07) is 3.60. The van der Waals surface area contributed by atoms with E-state index in [1.54, 1.807) is 12.3 Å². The van der Waals surface area contributed by atoms with Gasteiger partial charge in [0.2, 0.25) is 0 Å². The molecule has 0 aliphatic rings. The minimum absolute atomic E-state index is 0.0837. The zero-order valence-electron chi connectivity index (χ0n) is 9.96. The Bertz CT molecular complexity index is 394. The van der Waals surface area contributed by atoms with Crippen LogP contribution < -0.4 is 5.32 Å². The molecular formula is C12H16Br2N2O. The van der Waals surface area contributed by atoms with Crippen LogP contribution in [0.2, 0.25) is 0 Å². The summed E-state index contributed by atoms with van der Waals surface area (Å²) in [6.45, 7) is 4.89. The molecule has 1 heterocycles. The summed E-state index contributed by atoms with van der Waals surface area (Å²) in [4.78, 5) is 16.0. The van der Waals surface area contributed by atoms with Gasteiger partial charge >= 0.3 is 0 Å². The van der Waals surface area contributed by atoms with Gasteiger partial charge in [0.25, 0.3) is 5.91 Å². The van der Waals surface area contributed by atoms with E-state index >= 15 is 0 Å². The van der Waals surface area contributed by atoms with Crippen LogP contribution in [0.5, 0.6) is 0 Å². The Morgan fingerprint density at radius 1 is 1.53 bits per heavy atom. The van der Waals surface area contributed by atoms with E-state index in [9.17, 15) is 4.79 Å². The second-order valence-corrected chi connectivity index (χ2v) is 6.27. The Kier molecular flexibility index (Phi) is 5.59. The zero-order valence-corrected chi connectivity index (χ0v) is 13.1. The smallest absolute Gasteiger partial charge is 0.271 e. The van der Waals surface area contributed by atoms with E-state index in [0.29, 0.717) is 12.2 Å². The van der Waals surface area contributed by atoms with E-state index in [2.05, 4.69) is 56.0 Å². The fourth-order valence-electron chi connectivity index (χ4n) is 1.30. The fourth-order valence-corrected chi connectivity index (χ4v) is 2.81. The van der Waals surface area contributed by atoms with E-state index in [-0.39, 0.29) is 11.3 Å². The molecule has 1 rings (SSSR count). The molecule has 0 fully saturated rings. The highest BCUT2D eigenvalue weighted by Gasteiger charge is 2.19. The first-order valence-corrected chi connectivity index (χ1v) is 7.32. The minimum atomic E-state index is -0.139. The van der Waals surface area contributed by atoms with Crippen molar-refractivity contribution in [2.24, 2.45) is 5.41 Å². The summed E-state index contributed by atoms with van der Waals surface area (Å²) >= 11 is 6.73. The fraction of sp³-hybridized carbons (Fsp3) is 0.500. The van der Waals surface area contributed by atoms with Crippen LogP contribution in [-0.4, -0.2) is 22.8 Å². The molecule has 0 saturated carbocycles. The van der Waals surface area contributed by atoms with Crippen LogP contribution in [0.25, 0.3) is 0 Å². The summed E-state index contributed by atoms with van der Waals surface area (Å²) in [5.41, 5.74) is 0.516. The Labute approximate surface area is 119 Å². The van der Waals surface area contributed by atoms with Gasteiger partial charge in [0.1, 0.15) is 5.69 Å². The third kappa shape index (κ3) is 4.76. The molecule has 17 heavy (non-hydrogen) atoms. The molecule has 0 spiro atoms. The van der Waals surface area contributed by atoms with Crippen LogP contribution in [0.4, 0.5) is 0 Å². The lowest BCUT2D eigenvalue weighted by atomic mass is 9.90. The van der Waals surface area contributed by atoms with Crippen LogP contribution >= 0.6 is 31.9 Å². The van der Waals surface area contributed by atoms with Crippen molar-refractivity contribution in [3.05, 3.63) is 28.5 Å². The lowest BCUT2D eigenvalue weighted by molar-refractivity contribution is 0.0930. The third-order valence-corrected chi connectivity index (χ3v) is 3.51. The van der Waals surface area contributed by atoms with Crippen molar-refractivity contribution in [2.45, 2.75) is 20.3 Å². The number of alkyl halides is 1. The van der Waals surface area contributed by atoms with Gasteiger partial charge < -0.3 is 5.32 Å². The quantitative estimate of drug-likeness (QED) is 0.814. The van der Waals surface area contributed by atoms with Gasteiger partial charge in [0.05, 0.1) is 0 Å². The molecule has 1 aromatic heterocycles. The molecule has 1 amide bonds. The van der Waals surface area contributed by atoms with Crippen molar-refractivity contribution in [1.29, 1.82) is 0 Å². The molecule has 0 unspecified atom stereocenters. The van der Waals surface area contributed by atoms with Gasteiger partial charge in [-0.1, -0.05) is 29.8 Å². The SMILES string of the molecule is CC(C)(CCBr)CNC(=O)c1ncccc1Br. The van der Waals surface area contributed by atoms with Gasteiger partial charge in [0, 0.05) is 22.5 Å². The molecular weight excluding hydrogens is 348 g/mol. The Hall–Kier alpha value is -0.420. The molecule has 0 radical (unpaired) electrons. The highest BCUT2D eigenvalue weighted by atomic mass is 79.9. The van der Waals surface area contributed by atoms with E-state index in [4.69, 9.17) is 0 Å². The monoisotopic (exact) mass is 362 g/mol. The lowest BCUT2D eigenvalue weighted by Gasteiger charge is -2.23. The van der Waals surface area contributed by atoms with Gasteiger partial charge in [-0.25, -0.2) is 4.98 Å². The average molecular weight is 364 g/mol. The van der Waals surface area contributed by atoms with E-state index in [1.807, 2.05) is 6.07 Å². The van der Waals surface area contributed by atoms with Crippen LogP contribution in [0.15, 0.2) is 22.8 Å². The van der Waals surface area contributed by atoms with Gasteiger partial charge in [-0.05, 0) is 39.9 Å². The first-order valence-electron chi connectivity index (χ1n) is 5.41. The number of pyridine rings is 1. The summed E-state index contributed by atoms with van der Waals surface area (Å²) in [5, 5.41) is 3.85. The van der Waals surface area contributed by atoms with Crippen molar-refractivity contribution < 1.29 is 4.79 Å². The highest BCUT2D eigenvalue weighted by molar-refractivity contribution is 9.10. The van der Waals surface area contributed by atoms with Gasteiger partial charge in [-0.3, -0.25) is 4.79 Å². The largest absolute Gasteiger partial charge is 0.350 e. The van der Waals surface area contributed by atoms with Crippen molar-refractivity contribution in [2.75, 3.05) is 11.9 Å². The third-order valence-electron chi connectivity index (χ3n) is 2.47. The lowest BCUT2D eigenvalue weighted by Crippen LogP contribution is -2.34. The van der Waals surface area contributed by atoms with Crippen molar-refractivity contribution in [3.8, 4) is 0 Å². The molecule has 94 valence electrons. The van der Waals surface area contributed by atoms with Crippen molar-refractivity contribution >= 4 is 37.8 Å². The van der Waals surface area contributed by atoms with Crippen LogP contribution in [0.1, 0.15) is 30.8 Å². The van der Waals surface area contributed by atoms with E-state index in [0.717, 1.165) is 16.2 Å². The van der Waals surface area contributed by atoms with Crippen molar-refractivity contribution in [1.82, 2.24) is 10.3 Å². The predicted octanol–water partition coefficient (Wildman–Crippen LogP) is 3.39. The molecule has 5 heteroatoms. The predicted molar refractivity (Wildman–Crippen MR) is 76.5 cm³/mol. The topological polar surface area (TPSA) is 42.0 Å². The number of nitrogens with one attached hydrogen (secondary N) is 1. The molecule has 1 aromatic rings. The standard InChI is InChI=1S/C12H16Br2N2O/c1-12(2,5-6-13)8-16-11(17)10-9(14)4-3-7-15-10/h3-4,7H,5-6,8H2,1-2H3,(H,16,17).